The molecule has 0 atom stereocenters. The van der Waals surface area contributed by atoms with Gasteiger partial charge in [-0.15, -0.1) is 0 Å². The van der Waals surface area contributed by atoms with Gasteiger partial charge in [-0.25, -0.2) is 4.68 Å². The summed E-state index contributed by atoms with van der Waals surface area (Å²) in [6.07, 6.45) is 1.58. The van der Waals surface area contributed by atoms with Crippen molar-refractivity contribution in [3.8, 4) is 5.69 Å². The molecule has 6 nitrogen and oxygen atoms in total. The van der Waals surface area contributed by atoms with Gasteiger partial charge in [-0.3, -0.25) is 9.59 Å². The Morgan fingerprint density at radius 3 is 2.48 bits per heavy atom. The molecular weight excluding hydrogens is 364 g/mol. The molecule has 27 heavy (non-hydrogen) atoms. The van der Waals surface area contributed by atoms with Crippen molar-refractivity contribution in [2.24, 2.45) is 11.7 Å². The number of piperidine rings is 1. The number of rotatable bonds is 4. The molecule has 2 aromatic rings. The predicted molar refractivity (Wildman–Crippen MR) is 105 cm³/mol. The second-order valence-electron chi connectivity index (χ2n) is 7.23. The van der Waals surface area contributed by atoms with Crippen LogP contribution in [0.5, 0.6) is 0 Å². The second kappa shape index (κ2) is 7.72. The summed E-state index contributed by atoms with van der Waals surface area (Å²) in [5, 5.41) is 5.30. The van der Waals surface area contributed by atoms with Crippen molar-refractivity contribution in [2.45, 2.75) is 40.0 Å². The van der Waals surface area contributed by atoms with Gasteiger partial charge in [0.1, 0.15) is 0 Å². The highest BCUT2D eigenvalue weighted by Gasteiger charge is 2.27. The number of hydrogen-bond donors (Lipinski definition) is 1. The van der Waals surface area contributed by atoms with E-state index in [4.69, 9.17) is 17.3 Å². The van der Waals surface area contributed by atoms with Gasteiger partial charge in [0.15, 0.2) is 0 Å². The minimum absolute atomic E-state index is 0.0607. The smallest absolute Gasteiger partial charge is 0.227 e. The number of aromatic nitrogens is 2. The number of primary amides is 1. The molecule has 3 rings (SSSR count). The monoisotopic (exact) mass is 388 g/mol. The van der Waals surface area contributed by atoms with Crippen LogP contribution < -0.4 is 5.73 Å². The fourth-order valence-electron chi connectivity index (χ4n) is 3.57. The van der Waals surface area contributed by atoms with E-state index < -0.39 is 0 Å². The van der Waals surface area contributed by atoms with Gasteiger partial charge in [0.25, 0.3) is 0 Å². The lowest BCUT2D eigenvalue weighted by atomic mass is 9.96. The van der Waals surface area contributed by atoms with Gasteiger partial charge in [-0.2, -0.15) is 5.10 Å². The molecule has 144 valence electrons. The van der Waals surface area contributed by atoms with Crippen molar-refractivity contribution in [2.75, 3.05) is 13.1 Å². The molecular formula is C20H25ClN4O2. The zero-order valence-electron chi connectivity index (χ0n) is 16.0. The van der Waals surface area contributed by atoms with Gasteiger partial charge in [-0.05, 0) is 51.3 Å². The molecule has 2 amide bonds. The molecule has 1 aliphatic rings. The van der Waals surface area contributed by atoms with E-state index in [0.717, 1.165) is 28.2 Å². The minimum Gasteiger partial charge on any atom is -0.369 e. The Morgan fingerprint density at radius 1 is 1.22 bits per heavy atom. The predicted octanol–water partition coefficient (Wildman–Crippen LogP) is 2.72. The average Bonchev–Trinajstić information content (AvgIpc) is 2.92. The van der Waals surface area contributed by atoms with Crippen molar-refractivity contribution in [3.63, 3.8) is 0 Å². The molecule has 0 saturated carbocycles. The number of aryl methyl sites for hydroxylation is 2. The Balaban J connectivity index is 1.76. The maximum absolute atomic E-state index is 12.7. The van der Waals surface area contributed by atoms with Gasteiger partial charge in [0.05, 0.1) is 17.8 Å². The van der Waals surface area contributed by atoms with Crippen LogP contribution in [-0.2, 0) is 16.0 Å². The fourth-order valence-corrected chi connectivity index (χ4v) is 3.75. The van der Waals surface area contributed by atoms with E-state index in [0.29, 0.717) is 37.4 Å². The van der Waals surface area contributed by atoms with E-state index in [9.17, 15) is 9.59 Å². The molecule has 0 bridgehead atoms. The Morgan fingerprint density at radius 2 is 1.89 bits per heavy atom. The highest BCUT2D eigenvalue weighted by molar-refractivity contribution is 6.31. The fraction of sp³-hybridized carbons (Fsp3) is 0.450. The zero-order chi connectivity index (χ0) is 19.7. The van der Waals surface area contributed by atoms with Crippen LogP contribution in [0.15, 0.2) is 18.2 Å². The van der Waals surface area contributed by atoms with Crippen molar-refractivity contribution in [1.82, 2.24) is 14.7 Å². The Labute approximate surface area is 164 Å². The van der Waals surface area contributed by atoms with Crippen LogP contribution in [0.1, 0.15) is 35.4 Å². The van der Waals surface area contributed by atoms with E-state index >= 15 is 0 Å². The Bertz CT molecular complexity index is 882. The first kappa shape index (κ1) is 19.4. The number of carbonyl (C=O) groups is 2. The van der Waals surface area contributed by atoms with Gasteiger partial charge < -0.3 is 10.6 Å². The summed E-state index contributed by atoms with van der Waals surface area (Å²) in [6, 6.07) is 5.82. The lowest BCUT2D eigenvalue weighted by Gasteiger charge is -2.30. The topological polar surface area (TPSA) is 81.2 Å². The van der Waals surface area contributed by atoms with Crippen LogP contribution in [0.25, 0.3) is 5.69 Å². The Hall–Kier alpha value is -2.34. The average molecular weight is 389 g/mol. The number of nitrogens with two attached hydrogens (primary N) is 1. The molecule has 0 spiro atoms. The first-order valence-corrected chi connectivity index (χ1v) is 9.54. The molecule has 0 radical (unpaired) electrons. The van der Waals surface area contributed by atoms with E-state index in [1.165, 1.54) is 0 Å². The van der Waals surface area contributed by atoms with Crippen LogP contribution in [0, 0.1) is 26.7 Å². The second-order valence-corrected chi connectivity index (χ2v) is 7.64. The van der Waals surface area contributed by atoms with Crippen LogP contribution in [0.2, 0.25) is 5.02 Å². The number of benzene rings is 1. The number of amides is 2. The van der Waals surface area contributed by atoms with E-state index in [1.54, 1.807) is 0 Å². The van der Waals surface area contributed by atoms with E-state index in [1.807, 2.05) is 48.6 Å². The van der Waals surface area contributed by atoms with Crippen LogP contribution >= 0.6 is 11.6 Å². The lowest BCUT2D eigenvalue weighted by molar-refractivity contribution is -0.134. The largest absolute Gasteiger partial charge is 0.369 e. The quantitative estimate of drug-likeness (QED) is 0.874. The van der Waals surface area contributed by atoms with Crippen LogP contribution in [0.3, 0.4) is 0 Å². The standard InChI is InChI=1S/C20H25ClN4O2/c1-12-4-5-16(10-18(12)21)25-14(3)17(13(2)23-25)11-19(26)24-8-6-15(7-9-24)20(22)27/h4-5,10,15H,6-9,11H2,1-3H3,(H2,22,27). The van der Waals surface area contributed by atoms with Gasteiger partial charge >= 0.3 is 0 Å². The van der Waals surface area contributed by atoms with Crippen molar-refractivity contribution in [1.29, 1.82) is 0 Å². The zero-order valence-corrected chi connectivity index (χ0v) is 16.7. The third kappa shape index (κ3) is 4.00. The molecule has 2 heterocycles. The molecule has 0 unspecified atom stereocenters. The third-order valence-electron chi connectivity index (χ3n) is 5.42. The molecule has 1 aromatic heterocycles. The normalized spacial score (nSPS) is 15.2. The SMILES string of the molecule is Cc1ccc(-n2nc(C)c(CC(=O)N3CCC(C(N)=O)CC3)c2C)cc1Cl. The van der Waals surface area contributed by atoms with Gasteiger partial charge in [-0.1, -0.05) is 17.7 Å². The van der Waals surface area contributed by atoms with E-state index in [-0.39, 0.29) is 17.7 Å². The lowest BCUT2D eigenvalue weighted by Crippen LogP contribution is -2.42. The Kier molecular flexibility index (Phi) is 5.56. The van der Waals surface area contributed by atoms with Crippen molar-refractivity contribution < 1.29 is 9.59 Å². The number of halogens is 1. The number of carbonyl (C=O) groups excluding carboxylic acids is 2. The summed E-state index contributed by atoms with van der Waals surface area (Å²) in [4.78, 5) is 25.9. The minimum atomic E-state index is -0.271. The molecule has 1 aliphatic heterocycles. The number of nitrogens with zero attached hydrogens (tertiary/aromatic N) is 3. The maximum Gasteiger partial charge on any atom is 0.227 e. The van der Waals surface area contributed by atoms with Gasteiger partial charge in [0, 0.05) is 35.3 Å². The molecule has 0 aliphatic carbocycles. The number of hydrogen-bond acceptors (Lipinski definition) is 3. The van der Waals surface area contributed by atoms with Crippen LogP contribution in [0.4, 0.5) is 0 Å². The van der Waals surface area contributed by atoms with Crippen LogP contribution in [-0.4, -0.2) is 39.6 Å². The molecule has 1 saturated heterocycles. The van der Waals surface area contributed by atoms with Crippen molar-refractivity contribution >= 4 is 23.4 Å². The summed E-state index contributed by atoms with van der Waals surface area (Å²) in [5.41, 5.74) is 9.97. The molecule has 7 heteroatoms. The molecule has 2 N–H and O–H groups in total. The first-order valence-electron chi connectivity index (χ1n) is 9.16. The summed E-state index contributed by atoms with van der Waals surface area (Å²) >= 11 is 6.25. The maximum atomic E-state index is 12.7. The van der Waals surface area contributed by atoms with Crippen molar-refractivity contribution in [3.05, 3.63) is 45.7 Å². The first-order chi connectivity index (χ1) is 12.8. The highest BCUT2D eigenvalue weighted by atomic mass is 35.5. The third-order valence-corrected chi connectivity index (χ3v) is 5.83. The van der Waals surface area contributed by atoms with Gasteiger partial charge in [0.2, 0.25) is 11.8 Å². The summed E-state index contributed by atoms with van der Waals surface area (Å²) in [7, 11) is 0. The van der Waals surface area contributed by atoms with E-state index in [2.05, 4.69) is 5.10 Å². The summed E-state index contributed by atoms with van der Waals surface area (Å²) < 4.78 is 1.84. The highest BCUT2D eigenvalue weighted by Crippen LogP contribution is 2.24. The molecule has 1 fully saturated rings. The molecule has 1 aromatic carbocycles. The summed E-state index contributed by atoms with van der Waals surface area (Å²) in [5.74, 6) is -0.330. The number of likely N-dealkylation sites (tertiary alicyclic amines) is 1. The summed E-state index contributed by atoms with van der Waals surface area (Å²) in [6.45, 7) is 6.99.